The van der Waals surface area contributed by atoms with Crippen LogP contribution in [-0.2, 0) is 19.1 Å². The molecule has 0 radical (unpaired) electrons. The van der Waals surface area contributed by atoms with E-state index in [2.05, 4.69) is 10.3 Å². The highest BCUT2D eigenvalue weighted by atomic mass is 35.5. The summed E-state index contributed by atoms with van der Waals surface area (Å²) in [6.07, 6.45) is 3.55. The monoisotopic (exact) mass is 616 g/mol. The lowest BCUT2D eigenvalue weighted by molar-refractivity contribution is -0.150. The molecular weight excluding hydrogens is 587 g/mol. The Morgan fingerprint density at radius 3 is 2.74 bits per heavy atom. The number of esters is 2. The molecule has 42 heavy (non-hydrogen) atoms. The summed E-state index contributed by atoms with van der Waals surface area (Å²) in [7, 11) is 1.33. The molecule has 4 heterocycles. The zero-order valence-electron chi connectivity index (χ0n) is 23.1. The van der Waals surface area contributed by atoms with Crippen LogP contribution in [0.2, 0.25) is 5.02 Å². The minimum Gasteiger partial charge on any atom is -0.468 e. The van der Waals surface area contributed by atoms with Gasteiger partial charge in [0.25, 0.3) is 0 Å². The van der Waals surface area contributed by atoms with Crippen LogP contribution in [-0.4, -0.2) is 102 Å². The van der Waals surface area contributed by atoms with E-state index in [0.717, 1.165) is 12.8 Å². The van der Waals surface area contributed by atoms with Gasteiger partial charge in [0, 0.05) is 55.1 Å². The number of benzene rings is 1. The van der Waals surface area contributed by atoms with E-state index < -0.39 is 35.9 Å². The van der Waals surface area contributed by atoms with Gasteiger partial charge in [-0.3, -0.25) is 14.7 Å². The predicted octanol–water partition coefficient (Wildman–Crippen LogP) is 2.97. The highest BCUT2D eigenvalue weighted by Crippen LogP contribution is 2.39. The number of aromatic nitrogens is 1. The Morgan fingerprint density at radius 1 is 1.24 bits per heavy atom. The van der Waals surface area contributed by atoms with Gasteiger partial charge in [-0.25, -0.2) is 19.0 Å². The number of rotatable bonds is 8. The summed E-state index contributed by atoms with van der Waals surface area (Å²) >= 11 is 7.77. The topological polar surface area (TPSA) is 117 Å². The standard InChI is InChI=1S/C28H30ClFN6O5S/c1-3-41-26(37)20-18(32-24(25-31-9-12-42-25)33-22(20)16-5-4-6-17(30)21(16)29)13-34-10-11-35-19(23(34)27(38)40-2)14-36(28(35)39)15-7-8-15/h4-6,9,12,15,19,22-23H,3,7-8,10-11,13-14H2,1-2H3,(H,32,33). The molecule has 3 fully saturated rings. The van der Waals surface area contributed by atoms with Crippen molar-refractivity contribution < 1.29 is 28.2 Å². The maximum Gasteiger partial charge on any atom is 0.338 e. The van der Waals surface area contributed by atoms with Gasteiger partial charge in [-0.1, -0.05) is 23.7 Å². The van der Waals surface area contributed by atoms with Crippen LogP contribution in [0.5, 0.6) is 0 Å². The lowest BCUT2D eigenvalue weighted by Crippen LogP contribution is -2.62. The van der Waals surface area contributed by atoms with Crippen molar-refractivity contribution in [1.29, 1.82) is 0 Å². The van der Waals surface area contributed by atoms with Crippen molar-refractivity contribution in [2.75, 3.05) is 39.9 Å². The van der Waals surface area contributed by atoms with Crippen molar-refractivity contribution in [3.05, 3.63) is 62.5 Å². The molecule has 2 saturated heterocycles. The average Bonchev–Trinajstić information content (AvgIpc) is 3.56. The van der Waals surface area contributed by atoms with Gasteiger partial charge >= 0.3 is 18.0 Å². The molecule has 4 aliphatic rings. The van der Waals surface area contributed by atoms with Crippen molar-refractivity contribution in [2.24, 2.45) is 4.99 Å². The number of aliphatic imine (C=N–C) groups is 1. The zero-order valence-corrected chi connectivity index (χ0v) is 24.7. The number of carbonyl (C=O) groups excluding carboxylic acids is 3. The Morgan fingerprint density at radius 2 is 2.05 bits per heavy atom. The van der Waals surface area contributed by atoms with Gasteiger partial charge in [-0.15, -0.1) is 11.3 Å². The molecule has 0 spiro atoms. The van der Waals surface area contributed by atoms with Crippen molar-refractivity contribution in [3.63, 3.8) is 0 Å². The molecule has 1 saturated carbocycles. The lowest BCUT2D eigenvalue weighted by atomic mass is 9.94. The number of hydrogen-bond acceptors (Lipinski definition) is 10. The smallest absolute Gasteiger partial charge is 0.338 e. The van der Waals surface area contributed by atoms with Crippen LogP contribution in [0.3, 0.4) is 0 Å². The van der Waals surface area contributed by atoms with Gasteiger partial charge in [-0.2, -0.15) is 0 Å². The molecule has 14 heteroatoms. The fourth-order valence-electron chi connectivity index (χ4n) is 5.91. The van der Waals surface area contributed by atoms with E-state index in [9.17, 15) is 18.8 Å². The highest BCUT2D eigenvalue weighted by Gasteiger charge is 2.53. The van der Waals surface area contributed by atoms with Crippen molar-refractivity contribution >= 4 is 46.7 Å². The number of fused-ring (bicyclic) bond motifs is 1. The van der Waals surface area contributed by atoms with Gasteiger partial charge in [-0.05, 0) is 25.8 Å². The first-order valence-electron chi connectivity index (χ1n) is 13.8. The normalized spacial score (nSPS) is 24.3. The van der Waals surface area contributed by atoms with Crippen LogP contribution >= 0.6 is 22.9 Å². The second-order valence-corrected chi connectivity index (χ2v) is 11.7. The summed E-state index contributed by atoms with van der Waals surface area (Å²) in [6.45, 7) is 3.09. The van der Waals surface area contributed by atoms with Crippen molar-refractivity contribution in [1.82, 2.24) is 25.0 Å². The molecule has 3 unspecified atom stereocenters. The number of methoxy groups -OCH3 is 1. The highest BCUT2D eigenvalue weighted by molar-refractivity contribution is 7.11. The number of nitrogens with zero attached hydrogens (tertiary/aromatic N) is 5. The average molecular weight is 617 g/mol. The SMILES string of the molecule is CCOC(=O)C1=C(CN2CCN3C(=O)N(C4CC4)CC3C2C(=O)OC)NC(c2nccs2)=NC1c1cccc(F)c1Cl. The molecule has 1 aliphatic carbocycles. The number of ether oxygens (including phenoxy) is 2. The summed E-state index contributed by atoms with van der Waals surface area (Å²) < 4.78 is 25.3. The Bertz CT molecular complexity index is 1460. The fraction of sp³-hybridized carbons (Fsp3) is 0.464. The minimum absolute atomic E-state index is 0.0581. The third-order valence-electron chi connectivity index (χ3n) is 7.99. The Balaban J connectivity index is 1.42. The first-order valence-corrected chi connectivity index (χ1v) is 15.1. The molecule has 1 N–H and O–H groups in total. The van der Waals surface area contributed by atoms with E-state index in [1.54, 1.807) is 29.5 Å². The molecular formula is C28H30ClFN6O5S. The van der Waals surface area contributed by atoms with Gasteiger partial charge in [0.1, 0.15) is 17.9 Å². The Hall–Kier alpha value is -3.55. The first kappa shape index (κ1) is 28.6. The number of hydrogen-bond donors (Lipinski definition) is 1. The van der Waals surface area contributed by atoms with Crippen LogP contribution in [0.15, 0.2) is 46.0 Å². The van der Waals surface area contributed by atoms with Crippen LogP contribution in [0, 0.1) is 5.82 Å². The van der Waals surface area contributed by atoms with E-state index in [1.807, 2.05) is 9.80 Å². The van der Waals surface area contributed by atoms with Crippen LogP contribution in [0.25, 0.3) is 0 Å². The summed E-state index contributed by atoms with van der Waals surface area (Å²) in [5.74, 6) is -1.38. The number of halogens is 2. The Kier molecular flexibility index (Phi) is 7.90. The largest absolute Gasteiger partial charge is 0.468 e. The quantitative estimate of drug-likeness (QED) is 0.450. The molecule has 11 nitrogen and oxygen atoms in total. The summed E-state index contributed by atoms with van der Waals surface area (Å²) in [6, 6.07) is 2.34. The maximum atomic E-state index is 14.6. The van der Waals surface area contributed by atoms with E-state index in [0.29, 0.717) is 41.7 Å². The number of thiazole rings is 1. The van der Waals surface area contributed by atoms with Crippen LogP contribution in [0.4, 0.5) is 9.18 Å². The molecule has 3 atom stereocenters. The van der Waals surface area contributed by atoms with E-state index in [4.69, 9.17) is 26.1 Å². The van der Waals surface area contributed by atoms with Crippen LogP contribution < -0.4 is 5.32 Å². The number of urea groups is 1. The van der Waals surface area contributed by atoms with Crippen LogP contribution in [0.1, 0.15) is 36.4 Å². The van der Waals surface area contributed by atoms with E-state index in [-0.39, 0.29) is 35.8 Å². The van der Waals surface area contributed by atoms with E-state index >= 15 is 0 Å². The third-order valence-corrected chi connectivity index (χ3v) is 9.16. The zero-order chi connectivity index (χ0) is 29.5. The maximum absolute atomic E-state index is 14.6. The second-order valence-electron chi connectivity index (χ2n) is 10.5. The Labute approximate surface area is 250 Å². The molecule has 1 aromatic carbocycles. The molecule has 3 aliphatic heterocycles. The number of carbonyl (C=O) groups is 3. The first-order chi connectivity index (χ1) is 20.3. The van der Waals surface area contributed by atoms with Crippen molar-refractivity contribution in [2.45, 2.75) is 43.9 Å². The number of amides is 2. The fourth-order valence-corrected chi connectivity index (χ4v) is 6.73. The number of piperazine rings is 1. The minimum atomic E-state index is -1.00. The molecule has 0 bridgehead atoms. The van der Waals surface area contributed by atoms with Gasteiger partial charge in [0.2, 0.25) is 0 Å². The number of nitrogens with one attached hydrogen (secondary N) is 1. The van der Waals surface area contributed by atoms with E-state index in [1.165, 1.54) is 30.6 Å². The summed E-state index contributed by atoms with van der Waals surface area (Å²) in [5, 5.41) is 5.46. The van der Waals surface area contributed by atoms with Crippen molar-refractivity contribution in [3.8, 4) is 0 Å². The molecule has 2 amide bonds. The van der Waals surface area contributed by atoms with Gasteiger partial charge in [0.15, 0.2) is 10.8 Å². The molecule has 2 aromatic rings. The van der Waals surface area contributed by atoms with Gasteiger partial charge < -0.3 is 24.6 Å². The second kappa shape index (κ2) is 11.6. The molecule has 6 rings (SSSR count). The van der Waals surface area contributed by atoms with Gasteiger partial charge in [0.05, 0.1) is 30.4 Å². The summed E-state index contributed by atoms with van der Waals surface area (Å²) in [4.78, 5) is 54.6. The third kappa shape index (κ3) is 5.13. The lowest BCUT2D eigenvalue weighted by Gasteiger charge is -2.43. The number of amidine groups is 1. The molecule has 222 valence electrons. The predicted molar refractivity (Wildman–Crippen MR) is 153 cm³/mol. The molecule has 1 aromatic heterocycles. The summed E-state index contributed by atoms with van der Waals surface area (Å²) in [5.41, 5.74) is 0.867.